The molecule has 0 amide bonds. The van der Waals surface area contributed by atoms with Crippen LogP contribution in [-0.2, 0) is 0 Å². The maximum atomic E-state index is 3.60. The third-order valence-corrected chi connectivity index (χ3v) is 6.38. The fraction of sp³-hybridized carbons (Fsp3) is 0.765. The second-order valence-corrected chi connectivity index (χ2v) is 17.4. The van der Waals surface area contributed by atoms with Crippen LogP contribution in [0.25, 0.3) is 0 Å². The van der Waals surface area contributed by atoms with E-state index in [2.05, 4.69) is 64.6 Å². The van der Waals surface area contributed by atoms with Crippen molar-refractivity contribution in [3.05, 3.63) is 10.8 Å². The topological polar surface area (TPSA) is 0 Å². The lowest BCUT2D eigenvalue weighted by Crippen LogP contribution is -2.26. The monoisotopic (exact) mass is 294 g/mol. The van der Waals surface area contributed by atoms with E-state index < -0.39 is 16.1 Å². The number of rotatable bonds is 6. The second-order valence-electron chi connectivity index (χ2n) is 7.56. The average molecular weight is 295 g/mol. The molecule has 0 aromatic rings. The van der Waals surface area contributed by atoms with Gasteiger partial charge in [-0.3, -0.25) is 0 Å². The molecule has 2 heteroatoms. The van der Waals surface area contributed by atoms with Crippen molar-refractivity contribution in [3.8, 4) is 11.5 Å². The van der Waals surface area contributed by atoms with Crippen molar-refractivity contribution < 1.29 is 0 Å². The number of unbranched alkanes of at least 4 members (excludes halogenated alkanes) is 1. The van der Waals surface area contributed by atoms with Crippen LogP contribution in [0.4, 0.5) is 0 Å². The van der Waals surface area contributed by atoms with Gasteiger partial charge in [-0.25, -0.2) is 0 Å². The largest absolute Gasteiger partial charge is 0.129 e. The molecule has 0 saturated carbocycles. The molecule has 0 atom stereocenters. The van der Waals surface area contributed by atoms with Crippen molar-refractivity contribution in [2.45, 2.75) is 85.2 Å². The molecule has 0 unspecified atom stereocenters. The molecular formula is C17H34Si2. The summed E-state index contributed by atoms with van der Waals surface area (Å²) >= 11 is 0. The Labute approximate surface area is 124 Å². The van der Waals surface area contributed by atoms with Crippen LogP contribution in [0.1, 0.15) is 46.0 Å². The van der Waals surface area contributed by atoms with E-state index in [1.165, 1.54) is 37.7 Å². The van der Waals surface area contributed by atoms with Gasteiger partial charge in [0.1, 0.15) is 8.07 Å². The van der Waals surface area contributed by atoms with Gasteiger partial charge >= 0.3 is 0 Å². The fourth-order valence-electron chi connectivity index (χ4n) is 2.13. The molecule has 0 bridgehead atoms. The highest BCUT2D eigenvalue weighted by atomic mass is 28.3. The van der Waals surface area contributed by atoms with E-state index >= 15 is 0 Å². The first kappa shape index (κ1) is 18.7. The van der Waals surface area contributed by atoms with Crippen LogP contribution < -0.4 is 0 Å². The molecule has 0 radical (unpaired) electrons. The number of allylic oxidation sites excluding steroid dienone is 2. The molecule has 0 aliphatic rings. The van der Waals surface area contributed by atoms with Gasteiger partial charge in [0.25, 0.3) is 0 Å². The molecule has 0 spiro atoms. The minimum Gasteiger partial charge on any atom is -0.127 e. The highest BCUT2D eigenvalue weighted by molar-refractivity contribution is 6.84. The lowest BCUT2D eigenvalue weighted by Gasteiger charge is -2.24. The summed E-state index contributed by atoms with van der Waals surface area (Å²) in [7, 11) is -2.49. The third kappa shape index (κ3) is 8.49. The molecule has 0 aliphatic carbocycles. The standard InChI is InChI=1S/C17H34Si2/c1-9-11-13-17(19(6,7)8)16(12-10-2)14-15-18(3,4)5/h9-13H2,1-8H3/b17-16+. The van der Waals surface area contributed by atoms with Crippen molar-refractivity contribution in [3.63, 3.8) is 0 Å². The first-order valence-electron chi connectivity index (χ1n) is 7.87. The molecule has 0 rings (SSSR count). The SMILES string of the molecule is CCCC/C(=C(\C#C[Si](C)(C)C)CCC)[Si](C)(C)C. The van der Waals surface area contributed by atoms with Gasteiger partial charge in [0.15, 0.2) is 0 Å². The Kier molecular flexibility index (Phi) is 8.00. The quantitative estimate of drug-likeness (QED) is 0.414. The molecule has 0 nitrogen and oxygen atoms in total. The summed E-state index contributed by atoms with van der Waals surface area (Å²) in [5.74, 6) is 3.60. The Balaban J connectivity index is 5.51. The molecule has 0 aliphatic heterocycles. The summed E-state index contributed by atoms with van der Waals surface area (Å²) in [4.78, 5) is 0. The lowest BCUT2D eigenvalue weighted by molar-refractivity contribution is 0.792. The minimum atomic E-state index is -1.27. The molecule has 110 valence electrons. The van der Waals surface area contributed by atoms with Crippen molar-refractivity contribution in [1.29, 1.82) is 0 Å². The zero-order valence-corrected chi connectivity index (χ0v) is 16.5. The second kappa shape index (κ2) is 8.12. The van der Waals surface area contributed by atoms with E-state index in [1.54, 1.807) is 5.20 Å². The smallest absolute Gasteiger partial charge is 0.127 e. The van der Waals surface area contributed by atoms with E-state index in [0.29, 0.717) is 0 Å². The Morgan fingerprint density at radius 1 is 0.842 bits per heavy atom. The van der Waals surface area contributed by atoms with E-state index in [4.69, 9.17) is 0 Å². The van der Waals surface area contributed by atoms with E-state index in [1.807, 2.05) is 0 Å². The van der Waals surface area contributed by atoms with Gasteiger partial charge in [-0.15, -0.1) is 5.54 Å². The maximum Gasteiger partial charge on any atom is 0.129 e. The highest BCUT2D eigenvalue weighted by Crippen LogP contribution is 2.26. The van der Waals surface area contributed by atoms with E-state index in [-0.39, 0.29) is 0 Å². The van der Waals surface area contributed by atoms with Gasteiger partial charge < -0.3 is 0 Å². The van der Waals surface area contributed by atoms with Crippen molar-refractivity contribution >= 4 is 16.1 Å². The summed E-state index contributed by atoms with van der Waals surface area (Å²) < 4.78 is 0. The Morgan fingerprint density at radius 2 is 1.42 bits per heavy atom. The van der Waals surface area contributed by atoms with Crippen molar-refractivity contribution in [1.82, 2.24) is 0 Å². The van der Waals surface area contributed by atoms with E-state index in [0.717, 1.165) is 0 Å². The normalized spacial score (nSPS) is 13.7. The zero-order valence-electron chi connectivity index (χ0n) is 14.5. The van der Waals surface area contributed by atoms with Crippen LogP contribution in [0, 0.1) is 11.5 Å². The van der Waals surface area contributed by atoms with Gasteiger partial charge in [0.2, 0.25) is 0 Å². The van der Waals surface area contributed by atoms with Gasteiger partial charge in [-0.05, 0) is 18.4 Å². The van der Waals surface area contributed by atoms with Gasteiger partial charge in [-0.2, -0.15) is 0 Å². The molecular weight excluding hydrogens is 260 g/mol. The van der Waals surface area contributed by atoms with E-state index in [9.17, 15) is 0 Å². The Bertz CT molecular complexity index is 353. The van der Waals surface area contributed by atoms with Crippen LogP contribution in [0.2, 0.25) is 39.3 Å². The molecule has 0 saturated heterocycles. The van der Waals surface area contributed by atoms with Crippen molar-refractivity contribution in [2.75, 3.05) is 0 Å². The molecule has 0 N–H and O–H groups in total. The van der Waals surface area contributed by atoms with Crippen LogP contribution in [-0.4, -0.2) is 16.1 Å². The summed E-state index contributed by atoms with van der Waals surface area (Å²) in [6.45, 7) is 19.0. The predicted molar refractivity (Wildman–Crippen MR) is 95.9 cm³/mol. The molecule has 19 heavy (non-hydrogen) atoms. The molecule has 0 aromatic carbocycles. The molecule has 0 fully saturated rings. The van der Waals surface area contributed by atoms with Crippen molar-refractivity contribution in [2.24, 2.45) is 0 Å². The van der Waals surface area contributed by atoms with Crippen LogP contribution in [0.5, 0.6) is 0 Å². The fourth-order valence-corrected chi connectivity index (χ4v) is 4.68. The maximum absolute atomic E-state index is 3.60. The predicted octanol–water partition coefficient (Wildman–Crippen LogP) is 6.03. The van der Waals surface area contributed by atoms with Crippen LogP contribution in [0.15, 0.2) is 10.8 Å². The highest BCUT2D eigenvalue weighted by Gasteiger charge is 2.22. The lowest BCUT2D eigenvalue weighted by atomic mass is 10.1. The van der Waals surface area contributed by atoms with Gasteiger partial charge in [-0.1, -0.05) is 83.5 Å². The molecule has 0 heterocycles. The summed E-state index contributed by atoms with van der Waals surface area (Å²) in [6.07, 6.45) is 6.29. The van der Waals surface area contributed by atoms with Crippen LogP contribution >= 0.6 is 0 Å². The first-order chi connectivity index (χ1) is 8.61. The Hall–Kier alpha value is -0.266. The van der Waals surface area contributed by atoms with Gasteiger partial charge in [0.05, 0.1) is 8.07 Å². The average Bonchev–Trinajstić information content (AvgIpc) is 2.23. The van der Waals surface area contributed by atoms with Gasteiger partial charge in [0, 0.05) is 0 Å². The minimum absolute atomic E-state index is 1.18. The first-order valence-corrected chi connectivity index (χ1v) is 14.9. The summed E-state index contributed by atoms with van der Waals surface area (Å²) in [5, 5.41) is 1.74. The summed E-state index contributed by atoms with van der Waals surface area (Å²) in [5.41, 5.74) is 5.09. The van der Waals surface area contributed by atoms with Crippen LogP contribution in [0.3, 0.4) is 0 Å². The zero-order chi connectivity index (χ0) is 15.1. The summed E-state index contributed by atoms with van der Waals surface area (Å²) in [6, 6.07) is 0. The molecule has 0 aromatic heterocycles. The number of hydrogen-bond donors (Lipinski definition) is 0. The Morgan fingerprint density at radius 3 is 1.79 bits per heavy atom. The number of hydrogen-bond acceptors (Lipinski definition) is 0. The third-order valence-electron chi connectivity index (χ3n) is 3.14.